The fourth-order valence-corrected chi connectivity index (χ4v) is 1.24. The second-order valence-electron chi connectivity index (χ2n) is 3.27. The summed E-state index contributed by atoms with van der Waals surface area (Å²) in [7, 11) is 0. The molecule has 0 aliphatic rings. The molecule has 0 saturated carbocycles. The van der Waals surface area contributed by atoms with Gasteiger partial charge in [0.2, 0.25) is 5.91 Å². The molecule has 1 aromatic carbocycles. The van der Waals surface area contributed by atoms with Crippen LogP contribution in [0.3, 0.4) is 0 Å². The smallest absolute Gasteiger partial charge is 0.243 e. The Bertz CT molecular complexity index is 330. The Morgan fingerprint density at radius 1 is 1.40 bits per heavy atom. The summed E-state index contributed by atoms with van der Waals surface area (Å²) in [6.07, 6.45) is 3.03. The molecule has 1 amide bonds. The first-order chi connectivity index (χ1) is 7.22. The lowest BCUT2D eigenvalue weighted by Gasteiger charge is -2.02. The quantitative estimate of drug-likeness (QED) is 0.567. The molecule has 0 bridgehead atoms. The van der Waals surface area contributed by atoms with Crippen LogP contribution < -0.4 is 5.32 Å². The van der Waals surface area contributed by atoms with Gasteiger partial charge in [0.05, 0.1) is 0 Å². The Kier molecular flexibility index (Phi) is 4.41. The Hall–Kier alpha value is -1.77. The third-order valence-electron chi connectivity index (χ3n) is 2.06. The van der Waals surface area contributed by atoms with Crippen molar-refractivity contribution in [3.8, 4) is 5.75 Å². The molecule has 0 atom stereocenters. The van der Waals surface area contributed by atoms with Crippen molar-refractivity contribution >= 4 is 5.91 Å². The third kappa shape index (κ3) is 4.31. The monoisotopic (exact) mass is 205 g/mol. The van der Waals surface area contributed by atoms with Gasteiger partial charge in [-0.25, -0.2) is 0 Å². The van der Waals surface area contributed by atoms with Crippen molar-refractivity contribution in [3.63, 3.8) is 0 Å². The number of nitrogens with one attached hydrogen (secondary N) is 1. The number of phenols is 1. The number of aryl methyl sites for hydroxylation is 1. The number of hydrogen-bond acceptors (Lipinski definition) is 2. The standard InChI is InChI=1S/C12H15NO2/c1-2-12(15)13-9-3-4-10-5-7-11(14)8-6-10/h2,5-8,14H,1,3-4,9H2,(H,13,15). The summed E-state index contributed by atoms with van der Waals surface area (Å²) in [5.74, 6) is 0.138. The average Bonchev–Trinajstić information content (AvgIpc) is 2.26. The van der Waals surface area contributed by atoms with Gasteiger partial charge >= 0.3 is 0 Å². The van der Waals surface area contributed by atoms with Gasteiger partial charge in [0.1, 0.15) is 5.75 Å². The van der Waals surface area contributed by atoms with Crippen LogP contribution in [-0.2, 0) is 11.2 Å². The fourth-order valence-electron chi connectivity index (χ4n) is 1.24. The summed E-state index contributed by atoms with van der Waals surface area (Å²) in [5.41, 5.74) is 1.15. The van der Waals surface area contributed by atoms with Crippen LogP contribution >= 0.6 is 0 Å². The summed E-state index contributed by atoms with van der Waals surface area (Å²) < 4.78 is 0. The van der Waals surface area contributed by atoms with E-state index in [1.807, 2.05) is 12.1 Å². The van der Waals surface area contributed by atoms with Gasteiger partial charge in [-0.3, -0.25) is 4.79 Å². The molecule has 15 heavy (non-hydrogen) atoms. The molecule has 0 fully saturated rings. The third-order valence-corrected chi connectivity index (χ3v) is 2.06. The largest absolute Gasteiger partial charge is 0.508 e. The van der Waals surface area contributed by atoms with Crippen molar-refractivity contribution in [2.45, 2.75) is 12.8 Å². The number of carbonyl (C=O) groups is 1. The molecule has 0 heterocycles. The maximum absolute atomic E-state index is 10.8. The van der Waals surface area contributed by atoms with Crippen LogP contribution in [0.25, 0.3) is 0 Å². The first-order valence-electron chi connectivity index (χ1n) is 4.90. The maximum atomic E-state index is 10.8. The Labute approximate surface area is 89.4 Å². The van der Waals surface area contributed by atoms with Crippen LogP contribution in [0.4, 0.5) is 0 Å². The first kappa shape index (κ1) is 11.3. The van der Waals surface area contributed by atoms with Crippen LogP contribution in [0, 0.1) is 0 Å². The lowest BCUT2D eigenvalue weighted by molar-refractivity contribution is -0.116. The van der Waals surface area contributed by atoms with Gasteiger partial charge in [-0.05, 0) is 36.6 Å². The second kappa shape index (κ2) is 5.86. The lowest BCUT2D eigenvalue weighted by Crippen LogP contribution is -2.22. The van der Waals surface area contributed by atoms with Crippen LogP contribution in [0.15, 0.2) is 36.9 Å². The normalized spacial score (nSPS) is 9.60. The van der Waals surface area contributed by atoms with E-state index in [0.29, 0.717) is 6.54 Å². The van der Waals surface area contributed by atoms with E-state index in [-0.39, 0.29) is 11.7 Å². The first-order valence-corrected chi connectivity index (χ1v) is 4.90. The van der Waals surface area contributed by atoms with Gasteiger partial charge in [0.25, 0.3) is 0 Å². The van der Waals surface area contributed by atoms with Gasteiger partial charge in [-0.15, -0.1) is 0 Å². The molecule has 0 unspecified atom stereocenters. The highest BCUT2D eigenvalue weighted by Gasteiger charge is 1.95. The molecule has 0 aliphatic heterocycles. The topological polar surface area (TPSA) is 49.3 Å². The molecule has 0 radical (unpaired) electrons. The number of phenolic OH excluding ortho intramolecular Hbond substituents is 1. The molecule has 0 saturated heterocycles. The molecular formula is C12H15NO2. The molecule has 3 heteroatoms. The summed E-state index contributed by atoms with van der Waals surface area (Å²) in [6.45, 7) is 4.01. The highest BCUT2D eigenvalue weighted by atomic mass is 16.3. The van der Waals surface area contributed by atoms with Crippen molar-refractivity contribution in [3.05, 3.63) is 42.5 Å². The zero-order valence-corrected chi connectivity index (χ0v) is 8.57. The predicted molar refractivity (Wildman–Crippen MR) is 59.6 cm³/mol. The molecule has 3 nitrogen and oxygen atoms in total. The Morgan fingerprint density at radius 2 is 2.07 bits per heavy atom. The minimum atomic E-state index is -0.138. The summed E-state index contributed by atoms with van der Waals surface area (Å²) >= 11 is 0. The van der Waals surface area contributed by atoms with Crippen molar-refractivity contribution < 1.29 is 9.90 Å². The van der Waals surface area contributed by atoms with E-state index in [0.717, 1.165) is 18.4 Å². The molecule has 0 spiro atoms. The minimum absolute atomic E-state index is 0.138. The zero-order chi connectivity index (χ0) is 11.1. The van der Waals surface area contributed by atoms with E-state index in [1.54, 1.807) is 12.1 Å². The van der Waals surface area contributed by atoms with Crippen LogP contribution in [-0.4, -0.2) is 17.6 Å². The average molecular weight is 205 g/mol. The van der Waals surface area contributed by atoms with E-state index in [9.17, 15) is 4.79 Å². The molecule has 1 rings (SSSR count). The SMILES string of the molecule is C=CC(=O)NCCCc1ccc(O)cc1. The lowest BCUT2D eigenvalue weighted by atomic mass is 10.1. The molecule has 80 valence electrons. The maximum Gasteiger partial charge on any atom is 0.243 e. The van der Waals surface area contributed by atoms with E-state index >= 15 is 0 Å². The van der Waals surface area contributed by atoms with Crippen molar-refractivity contribution in [2.24, 2.45) is 0 Å². The number of rotatable bonds is 5. The number of aromatic hydroxyl groups is 1. The number of amides is 1. The van der Waals surface area contributed by atoms with Crippen LogP contribution in [0.5, 0.6) is 5.75 Å². The number of hydrogen-bond donors (Lipinski definition) is 2. The molecule has 0 aromatic heterocycles. The van der Waals surface area contributed by atoms with Crippen LogP contribution in [0.2, 0.25) is 0 Å². The molecular weight excluding hydrogens is 190 g/mol. The van der Waals surface area contributed by atoms with Crippen molar-refractivity contribution in [1.29, 1.82) is 0 Å². The fraction of sp³-hybridized carbons (Fsp3) is 0.250. The predicted octanol–water partition coefficient (Wildman–Crippen LogP) is 1.63. The highest BCUT2D eigenvalue weighted by molar-refractivity contribution is 5.86. The van der Waals surface area contributed by atoms with Gasteiger partial charge in [0.15, 0.2) is 0 Å². The zero-order valence-electron chi connectivity index (χ0n) is 8.57. The Balaban J connectivity index is 2.23. The number of carbonyl (C=O) groups excluding carboxylic acids is 1. The van der Waals surface area contributed by atoms with Crippen molar-refractivity contribution in [1.82, 2.24) is 5.32 Å². The van der Waals surface area contributed by atoms with Gasteiger partial charge in [-0.1, -0.05) is 18.7 Å². The summed E-state index contributed by atoms with van der Waals surface area (Å²) in [4.78, 5) is 10.8. The van der Waals surface area contributed by atoms with E-state index in [4.69, 9.17) is 5.11 Å². The van der Waals surface area contributed by atoms with Gasteiger partial charge in [-0.2, -0.15) is 0 Å². The minimum Gasteiger partial charge on any atom is -0.508 e. The highest BCUT2D eigenvalue weighted by Crippen LogP contribution is 2.10. The Morgan fingerprint density at radius 3 is 2.67 bits per heavy atom. The summed E-state index contributed by atoms with van der Waals surface area (Å²) in [5, 5.41) is 11.8. The van der Waals surface area contributed by atoms with E-state index < -0.39 is 0 Å². The second-order valence-corrected chi connectivity index (χ2v) is 3.27. The summed E-state index contributed by atoms with van der Waals surface area (Å²) in [6, 6.07) is 7.09. The molecule has 1 aromatic rings. The van der Waals surface area contributed by atoms with E-state index in [2.05, 4.69) is 11.9 Å². The van der Waals surface area contributed by atoms with Crippen LogP contribution in [0.1, 0.15) is 12.0 Å². The van der Waals surface area contributed by atoms with Gasteiger partial charge < -0.3 is 10.4 Å². The molecule has 2 N–H and O–H groups in total. The van der Waals surface area contributed by atoms with Crippen molar-refractivity contribution in [2.75, 3.05) is 6.54 Å². The molecule has 0 aliphatic carbocycles. The number of benzene rings is 1. The van der Waals surface area contributed by atoms with Gasteiger partial charge in [0, 0.05) is 6.54 Å². The van der Waals surface area contributed by atoms with E-state index in [1.165, 1.54) is 6.08 Å².